The standard InChI is InChI=1S/C16H32O2/c1-6-13(3)11-9-8-10-12-14(4)15(5)18-16(17)7-2/h13-15H,6-12H2,1-5H3/t13-,14-,15+/m1/s1. The van der Waals surface area contributed by atoms with Crippen molar-refractivity contribution in [1.29, 1.82) is 0 Å². The van der Waals surface area contributed by atoms with E-state index < -0.39 is 0 Å². The molecule has 0 fully saturated rings. The summed E-state index contributed by atoms with van der Waals surface area (Å²) in [5.74, 6) is 1.27. The molecule has 0 heterocycles. The maximum absolute atomic E-state index is 11.2. The van der Waals surface area contributed by atoms with E-state index in [1.807, 2.05) is 13.8 Å². The minimum Gasteiger partial charge on any atom is -0.462 e. The van der Waals surface area contributed by atoms with Crippen LogP contribution in [-0.4, -0.2) is 12.1 Å². The van der Waals surface area contributed by atoms with E-state index in [1.165, 1.54) is 38.5 Å². The lowest BCUT2D eigenvalue weighted by Gasteiger charge is -2.20. The smallest absolute Gasteiger partial charge is 0.305 e. The molecular weight excluding hydrogens is 224 g/mol. The molecule has 0 bridgehead atoms. The Balaban J connectivity index is 3.57. The number of unbranched alkanes of at least 4 members (excludes halogenated alkanes) is 2. The van der Waals surface area contributed by atoms with Crippen LogP contribution in [0.1, 0.15) is 79.6 Å². The number of carbonyl (C=O) groups is 1. The van der Waals surface area contributed by atoms with Gasteiger partial charge in [0.1, 0.15) is 6.10 Å². The fraction of sp³-hybridized carbons (Fsp3) is 0.938. The summed E-state index contributed by atoms with van der Waals surface area (Å²) >= 11 is 0. The van der Waals surface area contributed by atoms with Gasteiger partial charge in [-0.25, -0.2) is 0 Å². The Bertz CT molecular complexity index is 213. The zero-order valence-corrected chi connectivity index (χ0v) is 13.0. The molecule has 0 aliphatic carbocycles. The maximum Gasteiger partial charge on any atom is 0.305 e. The van der Waals surface area contributed by atoms with E-state index in [0.29, 0.717) is 12.3 Å². The van der Waals surface area contributed by atoms with E-state index in [0.717, 1.165) is 5.92 Å². The van der Waals surface area contributed by atoms with Gasteiger partial charge in [0.15, 0.2) is 0 Å². The van der Waals surface area contributed by atoms with Crippen molar-refractivity contribution >= 4 is 5.97 Å². The van der Waals surface area contributed by atoms with Crippen LogP contribution in [0.4, 0.5) is 0 Å². The molecule has 0 rings (SSSR count). The Hall–Kier alpha value is -0.530. The van der Waals surface area contributed by atoms with E-state index in [4.69, 9.17) is 4.74 Å². The van der Waals surface area contributed by atoms with E-state index in [9.17, 15) is 4.79 Å². The van der Waals surface area contributed by atoms with Crippen molar-refractivity contribution in [3.05, 3.63) is 0 Å². The summed E-state index contributed by atoms with van der Waals surface area (Å²) in [7, 11) is 0. The summed E-state index contributed by atoms with van der Waals surface area (Å²) in [6, 6.07) is 0. The number of carbonyl (C=O) groups excluding carboxylic acids is 1. The molecule has 0 aliphatic heterocycles. The third-order valence-corrected chi connectivity index (χ3v) is 3.96. The highest BCUT2D eigenvalue weighted by atomic mass is 16.5. The Morgan fingerprint density at radius 2 is 1.61 bits per heavy atom. The molecule has 108 valence electrons. The van der Waals surface area contributed by atoms with Gasteiger partial charge < -0.3 is 4.74 Å². The zero-order chi connectivity index (χ0) is 14.0. The minimum absolute atomic E-state index is 0.0621. The van der Waals surface area contributed by atoms with Crippen molar-refractivity contribution in [3.63, 3.8) is 0 Å². The molecule has 0 radical (unpaired) electrons. The summed E-state index contributed by atoms with van der Waals surface area (Å²) in [5, 5.41) is 0. The number of ether oxygens (including phenoxy) is 1. The van der Waals surface area contributed by atoms with Gasteiger partial charge in [0.25, 0.3) is 0 Å². The van der Waals surface area contributed by atoms with Crippen LogP contribution in [0.2, 0.25) is 0 Å². The second-order valence-corrected chi connectivity index (χ2v) is 5.68. The molecule has 0 N–H and O–H groups in total. The van der Waals surface area contributed by atoms with Crippen molar-refractivity contribution in [3.8, 4) is 0 Å². The third kappa shape index (κ3) is 8.54. The first-order valence-electron chi connectivity index (χ1n) is 7.70. The van der Waals surface area contributed by atoms with Gasteiger partial charge in [-0.2, -0.15) is 0 Å². The summed E-state index contributed by atoms with van der Waals surface area (Å²) in [5.41, 5.74) is 0. The molecule has 18 heavy (non-hydrogen) atoms. The molecule has 0 saturated heterocycles. The third-order valence-electron chi connectivity index (χ3n) is 3.96. The highest BCUT2D eigenvalue weighted by molar-refractivity contribution is 5.69. The SMILES string of the molecule is CCC(=O)O[C@@H](C)[C@H](C)CCCCC[C@H](C)CC. The molecule has 0 aromatic rings. The first-order valence-corrected chi connectivity index (χ1v) is 7.70. The molecule has 0 aromatic heterocycles. The predicted octanol–water partition coefficient (Wildman–Crippen LogP) is 4.96. The van der Waals surface area contributed by atoms with Crippen LogP contribution in [-0.2, 0) is 9.53 Å². The zero-order valence-electron chi connectivity index (χ0n) is 13.0. The van der Waals surface area contributed by atoms with Gasteiger partial charge in [0, 0.05) is 6.42 Å². The number of esters is 1. The number of rotatable bonds is 10. The molecule has 0 amide bonds. The maximum atomic E-state index is 11.2. The topological polar surface area (TPSA) is 26.3 Å². The quantitative estimate of drug-likeness (QED) is 0.408. The van der Waals surface area contributed by atoms with Gasteiger partial charge in [-0.05, 0) is 25.2 Å². The predicted molar refractivity (Wildman–Crippen MR) is 77.5 cm³/mol. The van der Waals surface area contributed by atoms with Crippen LogP contribution in [0.5, 0.6) is 0 Å². The van der Waals surface area contributed by atoms with Crippen LogP contribution >= 0.6 is 0 Å². The van der Waals surface area contributed by atoms with Gasteiger partial charge in [-0.15, -0.1) is 0 Å². The van der Waals surface area contributed by atoms with Crippen LogP contribution in [0.25, 0.3) is 0 Å². The van der Waals surface area contributed by atoms with Crippen molar-refractivity contribution in [2.75, 3.05) is 0 Å². The van der Waals surface area contributed by atoms with E-state index in [1.54, 1.807) is 0 Å². The monoisotopic (exact) mass is 256 g/mol. The average molecular weight is 256 g/mol. The van der Waals surface area contributed by atoms with E-state index in [-0.39, 0.29) is 12.1 Å². The molecular formula is C16H32O2. The minimum atomic E-state index is -0.0777. The Kier molecular flexibility index (Phi) is 10.1. The van der Waals surface area contributed by atoms with Crippen LogP contribution in [0.3, 0.4) is 0 Å². The molecule has 0 unspecified atom stereocenters. The molecule has 0 aliphatic rings. The lowest BCUT2D eigenvalue weighted by Crippen LogP contribution is -2.21. The van der Waals surface area contributed by atoms with Gasteiger partial charge in [0.2, 0.25) is 0 Å². The lowest BCUT2D eigenvalue weighted by atomic mass is 9.96. The Labute approximate surface area is 113 Å². The fourth-order valence-electron chi connectivity index (χ4n) is 1.98. The highest BCUT2D eigenvalue weighted by Gasteiger charge is 2.15. The van der Waals surface area contributed by atoms with Gasteiger partial charge in [-0.3, -0.25) is 4.79 Å². The second kappa shape index (κ2) is 10.4. The molecule has 0 saturated carbocycles. The largest absolute Gasteiger partial charge is 0.462 e. The van der Waals surface area contributed by atoms with Crippen molar-refractivity contribution in [2.45, 2.75) is 85.7 Å². The summed E-state index contributed by atoms with van der Waals surface area (Å²) in [6.07, 6.45) is 8.25. The normalized spacial score (nSPS) is 16.1. The van der Waals surface area contributed by atoms with E-state index >= 15 is 0 Å². The number of hydrogen-bond acceptors (Lipinski definition) is 2. The first kappa shape index (κ1) is 17.5. The molecule has 2 nitrogen and oxygen atoms in total. The summed E-state index contributed by atoms with van der Waals surface area (Å²) in [4.78, 5) is 11.2. The summed E-state index contributed by atoms with van der Waals surface area (Å²) < 4.78 is 5.34. The summed E-state index contributed by atoms with van der Waals surface area (Å²) in [6.45, 7) is 10.6. The van der Waals surface area contributed by atoms with Crippen molar-refractivity contribution in [2.24, 2.45) is 11.8 Å². The lowest BCUT2D eigenvalue weighted by molar-refractivity contribution is -0.150. The van der Waals surface area contributed by atoms with Crippen molar-refractivity contribution < 1.29 is 9.53 Å². The number of hydrogen-bond donors (Lipinski definition) is 0. The molecule has 2 heteroatoms. The Morgan fingerprint density at radius 1 is 1.00 bits per heavy atom. The van der Waals surface area contributed by atoms with Gasteiger partial charge >= 0.3 is 5.97 Å². The van der Waals surface area contributed by atoms with Crippen LogP contribution in [0.15, 0.2) is 0 Å². The molecule has 0 spiro atoms. The average Bonchev–Trinajstić information content (AvgIpc) is 2.37. The first-order chi connectivity index (χ1) is 8.51. The molecule has 3 atom stereocenters. The van der Waals surface area contributed by atoms with Gasteiger partial charge in [0.05, 0.1) is 0 Å². The fourth-order valence-corrected chi connectivity index (χ4v) is 1.98. The van der Waals surface area contributed by atoms with Crippen molar-refractivity contribution in [1.82, 2.24) is 0 Å². The van der Waals surface area contributed by atoms with Gasteiger partial charge in [-0.1, -0.05) is 59.8 Å². The van der Waals surface area contributed by atoms with Crippen LogP contribution < -0.4 is 0 Å². The highest BCUT2D eigenvalue weighted by Crippen LogP contribution is 2.18. The Morgan fingerprint density at radius 3 is 2.17 bits per heavy atom. The molecule has 0 aromatic carbocycles. The van der Waals surface area contributed by atoms with E-state index in [2.05, 4.69) is 20.8 Å². The van der Waals surface area contributed by atoms with Crippen LogP contribution in [0, 0.1) is 11.8 Å². The second-order valence-electron chi connectivity index (χ2n) is 5.68.